The highest BCUT2D eigenvalue weighted by Gasteiger charge is 2.17. The largest absolute Gasteiger partial charge is 0.383 e. The van der Waals surface area contributed by atoms with Gasteiger partial charge in [-0.25, -0.2) is 0 Å². The van der Waals surface area contributed by atoms with E-state index in [4.69, 9.17) is 27.9 Å². The molecule has 25 heavy (non-hydrogen) atoms. The molecule has 0 bridgehead atoms. The Labute approximate surface area is 154 Å². The molecule has 0 aliphatic heterocycles. The number of nitro benzene ring substituents is 1. The van der Waals surface area contributed by atoms with Crippen LogP contribution in [0.5, 0.6) is 0 Å². The lowest BCUT2D eigenvalue weighted by atomic mass is 10.1. The normalized spacial score (nSPS) is 10.4. The smallest absolute Gasteiger partial charge is 0.270 e. The Morgan fingerprint density at radius 1 is 1.20 bits per heavy atom. The zero-order chi connectivity index (χ0) is 18.4. The number of amides is 1. The maximum absolute atomic E-state index is 12.6. The molecule has 9 heteroatoms. The zero-order valence-electron chi connectivity index (χ0n) is 13.2. The fraction of sp³-hybridized carbons (Fsp3) is 0.188. The third-order valence-corrected chi connectivity index (χ3v) is 4.00. The third-order valence-electron chi connectivity index (χ3n) is 3.26. The molecule has 0 aromatic heterocycles. The van der Waals surface area contributed by atoms with Crippen molar-refractivity contribution in [3.8, 4) is 0 Å². The lowest BCUT2D eigenvalue weighted by molar-refractivity contribution is -0.384. The minimum atomic E-state index is -0.561. The van der Waals surface area contributed by atoms with Crippen LogP contribution in [0.4, 0.5) is 17.1 Å². The van der Waals surface area contributed by atoms with Crippen LogP contribution >= 0.6 is 23.2 Å². The van der Waals surface area contributed by atoms with Gasteiger partial charge in [0.05, 0.1) is 27.1 Å². The van der Waals surface area contributed by atoms with Crippen molar-refractivity contribution in [1.29, 1.82) is 0 Å². The van der Waals surface area contributed by atoms with Gasteiger partial charge in [-0.05, 0) is 24.3 Å². The first-order valence-electron chi connectivity index (χ1n) is 7.20. The lowest BCUT2D eigenvalue weighted by Crippen LogP contribution is -2.17. The average Bonchev–Trinajstić information content (AvgIpc) is 2.58. The average molecular weight is 384 g/mol. The van der Waals surface area contributed by atoms with Crippen molar-refractivity contribution in [2.45, 2.75) is 0 Å². The van der Waals surface area contributed by atoms with Crippen LogP contribution < -0.4 is 10.6 Å². The number of benzene rings is 2. The van der Waals surface area contributed by atoms with Crippen LogP contribution in [0.15, 0.2) is 36.4 Å². The van der Waals surface area contributed by atoms with Gasteiger partial charge >= 0.3 is 0 Å². The molecule has 0 aliphatic carbocycles. The Kier molecular flexibility index (Phi) is 6.58. The van der Waals surface area contributed by atoms with Crippen LogP contribution in [-0.4, -0.2) is 31.1 Å². The summed E-state index contributed by atoms with van der Waals surface area (Å²) in [7, 11) is 1.55. The molecular formula is C16H15Cl2N3O4. The van der Waals surface area contributed by atoms with Crippen molar-refractivity contribution in [2.24, 2.45) is 0 Å². The van der Waals surface area contributed by atoms with E-state index in [1.54, 1.807) is 19.2 Å². The van der Waals surface area contributed by atoms with E-state index in [0.29, 0.717) is 29.5 Å². The second-order valence-electron chi connectivity index (χ2n) is 4.99. The number of anilines is 2. The molecule has 0 saturated heterocycles. The Bertz CT molecular complexity index is 799. The number of hydrogen-bond acceptors (Lipinski definition) is 5. The molecular weight excluding hydrogens is 369 g/mol. The van der Waals surface area contributed by atoms with Crippen LogP contribution in [0.2, 0.25) is 10.0 Å². The van der Waals surface area contributed by atoms with Gasteiger partial charge < -0.3 is 15.4 Å². The predicted molar refractivity (Wildman–Crippen MR) is 97.9 cm³/mol. The van der Waals surface area contributed by atoms with Gasteiger partial charge in [0.15, 0.2) is 0 Å². The van der Waals surface area contributed by atoms with Crippen molar-refractivity contribution < 1.29 is 14.5 Å². The van der Waals surface area contributed by atoms with E-state index < -0.39 is 10.8 Å². The summed E-state index contributed by atoms with van der Waals surface area (Å²) in [6.45, 7) is 0.867. The first-order valence-corrected chi connectivity index (χ1v) is 7.95. The summed E-state index contributed by atoms with van der Waals surface area (Å²) in [5.41, 5.74) is 0.835. The standard InChI is InChI=1S/C16H15Cl2N3O4/c1-25-7-6-19-15-5-3-11(21(23)24)9-12(15)16(22)20-10-2-4-13(17)14(18)8-10/h2-5,8-9,19H,6-7H2,1H3,(H,20,22). The first kappa shape index (κ1) is 19.0. The van der Waals surface area contributed by atoms with Crippen molar-refractivity contribution in [3.05, 3.63) is 62.1 Å². The first-order chi connectivity index (χ1) is 11.9. The molecule has 0 radical (unpaired) electrons. The van der Waals surface area contributed by atoms with Gasteiger partial charge in [0.2, 0.25) is 0 Å². The van der Waals surface area contributed by atoms with Gasteiger partial charge in [0, 0.05) is 37.2 Å². The van der Waals surface area contributed by atoms with E-state index >= 15 is 0 Å². The molecule has 0 spiro atoms. The van der Waals surface area contributed by atoms with E-state index in [2.05, 4.69) is 10.6 Å². The van der Waals surface area contributed by atoms with E-state index in [-0.39, 0.29) is 16.3 Å². The molecule has 7 nitrogen and oxygen atoms in total. The Morgan fingerprint density at radius 2 is 1.96 bits per heavy atom. The summed E-state index contributed by atoms with van der Waals surface area (Å²) in [6, 6.07) is 8.65. The number of ether oxygens (including phenoxy) is 1. The van der Waals surface area contributed by atoms with Crippen LogP contribution in [-0.2, 0) is 4.74 Å². The highest BCUT2D eigenvalue weighted by molar-refractivity contribution is 6.42. The molecule has 0 aliphatic rings. The fourth-order valence-electron chi connectivity index (χ4n) is 2.05. The highest BCUT2D eigenvalue weighted by Crippen LogP contribution is 2.27. The highest BCUT2D eigenvalue weighted by atomic mass is 35.5. The number of carbonyl (C=O) groups excluding carboxylic acids is 1. The maximum atomic E-state index is 12.6. The van der Waals surface area contributed by atoms with E-state index in [1.807, 2.05) is 0 Å². The predicted octanol–water partition coefficient (Wildman–Crippen LogP) is 4.21. The SMILES string of the molecule is COCCNc1ccc([N+](=O)[O-])cc1C(=O)Nc1ccc(Cl)c(Cl)c1. The Morgan fingerprint density at radius 3 is 2.60 bits per heavy atom. The number of non-ortho nitro benzene ring substituents is 1. The van der Waals surface area contributed by atoms with Crippen LogP contribution in [0.3, 0.4) is 0 Å². The molecule has 0 fully saturated rings. The Hall–Kier alpha value is -2.35. The summed E-state index contributed by atoms with van der Waals surface area (Å²) in [5.74, 6) is -0.512. The number of nitrogens with zero attached hydrogens (tertiary/aromatic N) is 1. The molecule has 0 unspecified atom stereocenters. The van der Waals surface area contributed by atoms with Crippen LogP contribution in [0.1, 0.15) is 10.4 Å². The lowest BCUT2D eigenvalue weighted by Gasteiger charge is -2.12. The van der Waals surface area contributed by atoms with E-state index in [9.17, 15) is 14.9 Å². The van der Waals surface area contributed by atoms with Crippen LogP contribution in [0.25, 0.3) is 0 Å². The molecule has 0 heterocycles. The third kappa shape index (κ3) is 5.06. The van der Waals surface area contributed by atoms with Crippen molar-refractivity contribution in [3.63, 3.8) is 0 Å². The van der Waals surface area contributed by atoms with Gasteiger partial charge in [-0.2, -0.15) is 0 Å². The quantitative estimate of drug-likeness (QED) is 0.424. The second kappa shape index (κ2) is 8.66. The molecule has 0 saturated carbocycles. The number of carbonyl (C=O) groups is 1. The van der Waals surface area contributed by atoms with Gasteiger partial charge in [-0.1, -0.05) is 23.2 Å². The summed E-state index contributed by atoms with van der Waals surface area (Å²) in [4.78, 5) is 23.0. The maximum Gasteiger partial charge on any atom is 0.270 e. The van der Waals surface area contributed by atoms with Gasteiger partial charge in [0.25, 0.3) is 11.6 Å². The van der Waals surface area contributed by atoms with Crippen LogP contribution in [0, 0.1) is 10.1 Å². The van der Waals surface area contributed by atoms with E-state index in [0.717, 1.165) is 0 Å². The molecule has 2 aromatic carbocycles. The van der Waals surface area contributed by atoms with Crippen molar-refractivity contribution in [1.82, 2.24) is 0 Å². The summed E-state index contributed by atoms with van der Waals surface area (Å²) in [6.07, 6.45) is 0. The topological polar surface area (TPSA) is 93.5 Å². The summed E-state index contributed by atoms with van der Waals surface area (Å²) in [5, 5.41) is 17.3. The molecule has 0 atom stereocenters. The number of methoxy groups -OCH3 is 1. The number of nitro groups is 1. The number of nitrogens with one attached hydrogen (secondary N) is 2. The zero-order valence-corrected chi connectivity index (χ0v) is 14.7. The monoisotopic (exact) mass is 383 g/mol. The number of halogens is 2. The van der Waals surface area contributed by atoms with Gasteiger partial charge in [-0.15, -0.1) is 0 Å². The van der Waals surface area contributed by atoms with Crippen molar-refractivity contribution in [2.75, 3.05) is 30.9 Å². The molecule has 2 rings (SSSR count). The Balaban J connectivity index is 2.29. The second-order valence-corrected chi connectivity index (χ2v) is 5.80. The minimum Gasteiger partial charge on any atom is -0.383 e. The van der Waals surface area contributed by atoms with Gasteiger partial charge in [-0.3, -0.25) is 14.9 Å². The summed E-state index contributed by atoms with van der Waals surface area (Å²) >= 11 is 11.8. The molecule has 2 aromatic rings. The molecule has 1 amide bonds. The number of hydrogen-bond donors (Lipinski definition) is 2. The van der Waals surface area contributed by atoms with E-state index in [1.165, 1.54) is 24.3 Å². The van der Waals surface area contributed by atoms with Crippen molar-refractivity contribution >= 4 is 46.2 Å². The number of rotatable bonds is 7. The summed E-state index contributed by atoms with van der Waals surface area (Å²) < 4.78 is 4.95. The van der Waals surface area contributed by atoms with Gasteiger partial charge in [0.1, 0.15) is 0 Å². The minimum absolute atomic E-state index is 0.136. The fourth-order valence-corrected chi connectivity index (χ4v) is 2.35. The molecule has 132 valence electrons. The molecule has 2 N–H and O–H groups in total.